The Bertz CT molecular complexity index is 674. The van der Waals surface area contributed by atoms with Crippen molar-refractivity contribution in [3.05, 3.63) is 70.3 Å². The Morgan fingerprint density at radius 3 is 2.38 bits per heavy atom. The van der Waals surface area contributed by atoms with Crippen LogP contribution in [-0.2, 0) is 0 Å². The van der Waals surface area contributed by atoms with Crippen molar-refractivity contribution in [1.29, 1.82) is 0 Å². The Hall–Kier alpha value is -3.09. The van der Waals surface area contributed by atoms with Crippen LogP contribution in [0.5, 0.6) is 0 Å². The maximum Gasteiger partial charge on any atom is 0.315 e. The van der Waals surface area contributed by atoms with Crippen LogP contribution in [0.1, 0.15) is 18.5 Å². The first-order valence-electron chi connectivity index (χ1n) is 7.64. The number of hydrogen-bond acceptors (Lipinski definition) is 4. The first-order valence-corrected chi connectivity index (χ1v) is 7.64. The van der Waals surface area contributed by atoms with Crippen molar-refractivity contribution in [3.63, 3.8) is 0 Å². The van der Waals surface area contributed by atoms with E-state index in [1.165, 1.54) is 12.1 Å². The third-order valence-electron chi connectivity index (χ3n) is 3.46. The zero-order chi connectivity index (χ0) is 17.4. The maximum absolute atomic E-state index is 11.8. The summed E-state index contributed by atoms with van der Waals surface area (Å²) in [5, 5.41) is 19.3. The van der Waals surface area contributed by atoms with E-state index in [2.05, 4.69) is 16.0 Å². The van der Waals surface area contributed by atoms with Crippen LogP contribution in [0.15, 0.2) is 54.6 Å². The van der Waals surface area contributed by atoms with Gasteiger partial charge in [-0.3, -0.25) is 10.1 Å². The van der Waals surface area contributed by atoms with E-state index in [0.29, 0.717) is 13.1 Å². The molecule has 0 aliphatic rings. The van der Waals surface area contributed by atoms with Gasteiger partial charge in [0.2, 0.25) is 0 Å². The van der Waals surface area contributed by atoms with E-state index in [1.54, 1.807) is 12.1 Å². The summed E-state index contributed by atoms with van der Waals surface area (Å²) in [4.78, 5) is 22.0. The van der Waals surface area contributed by atoms with Gasteiger partial charge >= 0.3 is 6.03 Å². The van der Waals surface area contributed by atoms with Crippen LogP contribution in [-0.4, -0.2) is 24.0 Å². The van der Waals surface area contributed by atoms with Crippen molar-refractivity contribution in [2.45, 2.75) is 13.0 Å². The first kappa shape index (κ1) is 17.3. The molecule has 0 saturated carbocycles. The van der Waals surface area contributed by atoms with Gasteiger partial charge in [0.1, 0.15) is 0 Å². The topological polar surface area (TPSA) is 96.3 Å². The minimum Gasteiger partial charge on any atom is -0.383 e. The molecule has 2 rings (SSSR count). The highest BCUT2D eigenvalue weighted by Gasteiger charge is 2.08. The molecular weight excluding hydrogens is 308 g/mol. The Labute approximate surface area is 140 Å². The molecule has 2 amide bonds. The lowest BCUT2D eigenvalue weighted by Crippen LogP contribution is -2.39. The molecule has 0 aliphatic heterocycles. The molecule has 0 fully saturated rings. The zero-order valence-corrected chi connectivity index (χ0v) is 13.4. The monoisotopic (exact) mass is 328 g/mol. The van der Waals surface area contributed by atoms with Gasteiger partial charge in [0.05, 0.1) is 11.0 Å². The predicted molar refractivity (Wildman–Crippen MR) is 93.0 cm³/mol. The molecule has 0 aliphatic carbocycles. The number of anilines is 1. The quantitative estimate of drug-likeness (QED) is 0.413. The van der Waals surface area contributed by atoms with E-state index in [0.717, 1.165) is 11.3 Å². The summed E-state index contributed by atoms with van der Waals surface area (Å²) in [6.45, 7) is 2.87. The first-order chi connectivity index (χ1) is 11.6. The molecule has 7 heteroatoms. The highest BCUT2D eigenvalue weighted by molar-refractivity contribution is 5.74. The summed E-state index contributed by atoms with van der Waals surface area (Å²) in [6.07, 6.45) is 0. The Kier molecular flexibility index (Phi) is 6.13. The number of rotatable bonds is 7. The number of amides is 2. The summed E-state index contributed by atoms with van der Waals surface area (Å²) in [5.74, 6) is 0. The molecule has 0 unspecified atom stereocenters. The predicted octanol–water partition coefficient (Wildman–Crippen LogP) is 3.07. The highest BCUT2D eigenvalue weighted by Crippen LogP contribution is 2.15. The number of urea groups is 1. The Morgan fingerprint density at radius 2 is 1.75 bits per heavy atom. The summed E-state index contributed by atoms with van der Waals surface area (Å²) < 4.78 is 0. The van der Waals surface area contributed by atoms with Crippen LogP contribution in [0.25, 0.3) is 0 Å². The normalized spacial score (nSPS) is 11.4. The van der Waals surface area contributed by atoms with Gasteiger partial charge in [0.25, 0.3) is 5.69 Å². The summed E-state index contributed by atoms with van der Waals surface area (Å²) in [6, 6.07) is 15.5. The van der Waals surface area contributed by atoms with E-state index in [4.69, 9.17) is 0 Å². The summed E-state index contributed by atoms with van der Waals surface area (Å²) in [5.41, 5.74) is 1.85. The molecule has 0 bridgehead atoms. The maximum atomic E-state index is 11.8. The lowest BCUT2D eigenvalue weighted by Gasteiger charge is -2.15. The largest absolute Gasteiger partial charge is 0.383 e. The molecule has 0 radical (unpaired) electrons. The van der Waals surface area contributed by atoms with Crippen molar-refractivity contribution in [1.82, 2.24) is 10.6 Å². The van der Waals surface area contributed by atoms with Gasteiger partial charge in [-0.25, -0.2) is 4.79 Å². The van der Waals surface area contributed by atoms with E-state index >= 15 is 0 Å². The molecule has 3 N–H and O–H groups in total. The molecule has 0 aromatic heterocycles. The van der Waals surface area contributed by atoms with Crippen LogP contribution in [0, 0.1) is 10.1 Å². The van der Waals surface area contributed by atoms with Gasteiger partial charge < -0.3 is 16.0 Å². The third-order valence-corrected chi connectivity index (χ3v) is 3.46. The van der Waals surface area contributed by atoms with Gasteiger partial charge in [0, 0.05) is 30.9 Å². The van der Waals surface area contributed by atoms with E-state index in [1.807, 2.05) is 37.3 Å². The molecule has 24 heavy (non-hydrogen) atoms. The van der Waals surface area contributed by atoms with Crippen molar-refractivity contribution >= 4 is 17.4 Å². The van der Waals surface area contributed by atoms with Gasteiger partial charge in [0.15, 0.2) is 0 Å². The fourth-order valence-corrected chi connectivity index (χ4v) is 2.16. The molecule has 0 heterocycles. The third kappa shape index (κ3) is 5.28. The number of nitro groups is 1. The lowest BCUT2D eigenvalue weighted by molar-refractivity contribution is -0.384. The second kappa shape index (κ2) is 8.52. The number of benzene rings is 2. The standard InChI is InChI=1S/C17H20N4O3/c1-13(14-5-3-2-4-6-14)20-17(22)19-12-11-18-15-7-9-16(10-8-15)21(23)24/h2-10,13,18H,11-12H2,1H3,(H2,19,20,22)/t13-/m0/s1. The number of non-ortho nitro benzene ring substituents is 1. The molecule has 2 aromatic carbocycles. The second-order valence-electron chi connectivity index (χ2n) is 5.26. The number of nitrogens with one attached hydrogen (secondary N) is 3. The van der Waals surface area contributed by atoms with Gasteiger partial charge in [-0.1, -0.05) is 30.3 Å². The van der Waals surface area contributed by atoms with Crippen LogP contribution >= 0.6 is 0 Å². The number of hydrogen-bond donors (Lipinski definition) is 3. The Balaban J connectivity index is 1.68. The number of carbonyl (C=O) groups is 1. The van der Waals surface area contributed by atoms with Crippen molar-refractivity contribution in [2.75, 3.05) is 18.4 Å². The highest BCUT2D eigenvalue weighted by atomic mass is 16.6. The molecule has 1 atom stereocenters. The number of nitro benzene ring substituents is 1. The van der Waals surface area contributed by atoms with E-state index < -0.39 is 4.92 Å². The second-order valence-corrected chi connectivity index (χ2v) is 5.26. The van der Waals surface area contributed by atoms with Gasteiger partial charge in [-0.15, -0.1) is 0 Å². The van der Waals surface area contributed by atoms with Crippen LogP contribution in [0.3, 0.4) is 0 Å². The molecule has 2 aromatic rings. The minimum absolute atomic E-state index is 0.0490. The lowest BCUT2D eigenvalue weighted by atomic mass is 10.1. The molecule has 0 spiro atoms. The van der Waals surface area contributed by atoms with Gasteiger partial charge in [-0.05, 0) is 24.6 Å². The van der Waals surface area contributed by atoms with E-state index in [9.17, 15) is 14.9 Å². The van der Waals surface area contributed by atoms with Crippen LogP contribution in [0.2, 0.25) is 0 Å². The summed E-state index contributed by atoms with van der Waals surface area (Å²) in [7, 11) is 0. The number of carbonyl (C=O) groups excluding carboxylic acids is 1. The van der Waals surface area contributed by atoms with Crippen LogP contribution < -0.4 is 16.0 Å². The molecule has 0 saturated heterocycles. The van der Waals surface area contributed by atoms with Crippen molar-refractivity contribution in [2.24, 2.45) is 0 Å². The molecule has 126 valence electrons. The van der Waals surface area contributed by atoms with Crippen molar-refractivity contribution < 1.29 is 9.72 Å². The Morgan fingerprint density at radius 1 is 1.08 bits per heavy atom. The smallest absolute Gasteiger partial charge is 0.315 e. The SMILES string of the molecule is C[C@H](NC(=O)NCCNc1ccc([N+](=O)[O-])cc1)c1ccccc1. The zero-order valence-electron chi connectivity index (χ0n) is 13.4. The fourth-order valence-electron chi connectivity index (χ4n) is 2.16. The van der Waals surface area contributed by atoms with Crippen molar-refractivity contribution in [3.8, 4) is 0 Å². The minimum atomic E-state index is -0.441. The molecule has 7 nitrogen and oxygen atoms in total. The molecular formula is C17H20N4O3. The van der Waals surface area contributed by atoms with Gasteiger partial charge in [-0.2, -0.15) is 0 Å². The van der Waals surface area contributed by atoms with E-state index in [-0.39, 0.29) is 17.8 Å². The summed E-state index contributed by atoms with van der Waals surface area (Å²) >= 11 is 0. The fraction of sp³-hybridized carbons (Fsp3) is 0.235. The van der Waals surface area contributed by atoms with Crippen LogP contribution in [0.4, 0.5) is 16.2 Å². The number of nitrogens with zero attached hydrogens (tertiary/aromatic N) is 1. The average Bonchev–Trinajstić information content (AvgIpc) is 2.60. The average molecular weight is 328 g/mol.